The van der Waals surface area contributed by atoms with Gasteiger partial charge in [0.25, 0.3) is 0 Å². The Bertz CT molecular complexity index is 7080. The fraction of sp³-hybridized carbons (Fsp3) is 0. The highest BCUT2D eigenvalue weighted by atomic mass is 14.8. The number of nitrogens with one attached hydrogen (secondary N) is 8. The summed E-state index contributed by atoms with van der Waals surface area (Å²) in [5.41, 5.74) is 17.1. The Labute approximate surface area is 553 Å². The summed E-state index contributed by atoms with van der Waals surface area (Å²) < 4.78 is 0. The molecule has 0 spiro atoms. The number of rotatable bonds is 0. The van der Waals surface area contributed by atoms with E-state index >= 15 is 0 Å². The van der Waals surface area contributed by atoms with E-state index in [0.29, 0.717) is 0 Å². The van der Waals surface area contributed by atoms with Gasteiger partial charge in [-0.1, -0.05) is 48.5 Å². The Hall–Kier alpha value is -13.3. The minimum absolute atomic E-state index is 1.06. The van der Waals surface area contributed by atoms with Crippen LogP contribution in [0.4, 0.5) is 0 Å². The van der Waals surface area contributed by atoms with Crippen LogP contribution in [-0.4, -0.2) is 39.9 Å². The third-order valence-electron chi connectivity index (χ3n) is 21.8. The van der Waals surface area contributed by atoms with Crippen molar-refractivity contribution in [1.29, 1.82) is 0 Å². The van der Waals surface area contributed by atoms with Gasteiger partial charge in [-0.15, -0.1) is 0 Å². The van der Waals surface area contributed by atoms with E-state index < -0.39 is 0 Å². The van der Waals surface area contributed by atoms with Gasteiger partial charge in [0.05, 0.1) is 88.3 Å². The summed E-state index contributed by atoms with van der Waals surface area (Å²) in [6.07, 6.45) is 0. The van der Waals surface area contributed by atoms with Gasteiger partial charge in [-0.2, -0.15) is 0 Å². The average molecular weight is 1250 g/mol. The predicted molar refractivity (Wildman–Crippen MR) is 419 cm³/mol. The molecule has 0 aliphatic rings. The molecule has 8 heteroatoms. The van der Waals surface area contributed by atoms with E-state index in [0.717, 1.165) is 88.3 Å². The molecule has 98 heavy (non-hydrogen) atoms. The highest BCUT2D eigenvalue weighted by Gasteiger charge is 2.15. The second kappa shape index (κ2) is 18.3. The average Bonchev–Trinajstić information content (AvgIpc) is 0.756. The second-order valence-corrected chi connectivity index (χ2v) is 27.9. The van der Waals surface area contributed by atoms with Gasteiger partial charge >= 0.3 is 0 Å². The van der Waals surface area contributed by atoms with Crippen molar-refractivity contribution < 1.29 is 0 Å². The maximum Gasteiger partial charge on any atom is 0.0630 e. The van der Waals surface area contributed by atoms with Crippen LogP contribution in [0.15, 0.2) is 267 Å². The molecule has 8 N–H and O–H groups in total. The van der Waals surface area contributed by atoms with E-state index in [2.05, 4.69) is 307 Å². The van der Waals surface area contributed by atoms with Gasteiger partial charge in [-0.25, -0.2) is 0 Å². The molecule has 0 amide bonds. The standard InChI is InChI=1S/C90H52N8/c1-2-6-46-10-50-14-60-30-76-75(29-59(60)13-49(50)9-45(46)5-1)91-79-33-63-17-53-21-67-37-83-84(38-68(67)22-54(53)18-64(63)34-80(79)92-76)96-88-42-72-26-58-28-74-44-90-89(43-73(74)27-57(58)25-71(72)41-87(88)95-83)97-85-39-69-23-55-19-65-35-81-82(36-66(65)20-56(55)24-70(69)40-86(85)98-90)94-78-32-62-16-52-12-48-8-4-3-7-47(48)11-51(52)15-61(62)31-77(78)93-81/h1-44,91-98H. The van der Waals surface area contributed by atoms with E-state index in [-0.39, 0.29) is 0 Å². The minimum Gasteiger partial charge on any atom is -0.352 e. The molecule has 452 valence electrons. The molecule has 4 aromatic heterocycles. The number of hydrogen-bond donors (Lipinski definition) is 8. The largest absolute Gasteiger partial charge is 0.352 e. The Morgan fingerprint density at radius 2 is 0.173 bits per heavy atom. The first kappa shape index (κ1) is 51.2. The van der Waals surface area contributed by atoms with Gasteiger partial charge in [-0.3, -0.25) is 0 Å². The first-order valence-corrected chi connectivity index (χ1v) is 33.7. The summed E-state index contributed by atoms with van der Waals surface area (Å²) in [4.78, 5) is 30.6. The third kappa shape index (κ3) is 7.65. The molecule has 24 rings (SSSR count). The van der Waals surface area contributed by atoms with Crippen molar-refractivity contribution in [3.8, 4) is 0 Å². The zero-order chi connectivity index (χ0) is 63.3. The Balaban J connectivity index is 0.558. The number of hydrogen-bond acceptors (Lipinski definition) is 0. The molecule has 24 aromatic rings. The number of H-pyrrole nitrogens is 8. The summed E-state index contributed by atoms with van der Waals surface area (Å²) in [5.74, 6) is 0. The molecule has 0 aliphatic carbocycles. The topological polar surface area (TPSA) is 126 Å². The van der Waals surface area contributed by atoms with Crippen LogP contribution in [0.3, 0.4) is 0 Å². The van der Waals surface area contributed by atoms with Crippen LogP contribution in [0, 0.1) is 0 Å². The van der Waals surface area contributed by atoms with E-state index in [1.54, 1.807) is 0 Å². The third-order valence-corrected chi connectivity index (χ3v) is 21.8. The molecule has 0 fully saturated rings. The monoisotopic (exact) mass is 1240 g/mol. The highest BCUT2D eigenvalue weighted by Crippen LogP contribution is 2.39. The summed E-state index contributed by atoms with van der Waals surface area (Å²) in [5, 5.41) is 36.5. The fourth-order valence-corrected chi connectivity index (χ4v) is 16.9. The first-order chi connectivity index (χ1) is 48.2. The molecule has 8 nitrogen and oxygen atoms in total. The van der Waals surface area contributed by atoms with Crippen LogP contribution in [0.2, 0.25) is 0 Å². The maximum atomic E-state index is 3.84. The van der Waals surface area contributed by atoms with Crippen molar-refractivity contribution >= 4 is 250 Å². The normalized spacial score (nSPS) is 12.7. The van der Waals surface area contributed by atoms with E-state index in [1.807, 2.05) is 0 Å². The Kier molecular flexibility index (Phi) is 9.57. The van der Waals surface area contributed by atoms with Crippen molar-refractivity contribution in [2.45, 2.75) is 0 Å². The summed E-state index contributed by atoms with van der Waals surface area (Å²) in [7, 11) is 0. The summed E-state index contributed by atoms with van der Waals surface area (Å²) in [6, 6.07) is 100. The lowest BCUT2D eigenvalue weighted by atomic mass is 9.98. The minimum atomic E-state index is 1.06. The van der Waals surface area contributed by atoms with Gasteiger partial charge in [-0.05, 0) is 380 Å². The van der Waals surface area contributed by atoms with E-state index in [4.69, 9.17) is 0 Å². The van der Waals surface area contributed by atoms with Crippen LogP contribution in [-0.2, 0) is 0 Å². The lowest BCUT2D eigenvalue weighted by molar-refractivity contribution is 1.41. The van der Waals surface area contributed by atoms with Crippen molar-refractivity contribution in [3.63, 3.8) is 0 Å². The number of benzene rings is 20. The lowest BCUT2D eigenvalue weighted by Crippen LogP contribution is -1.91. The molecule has 0 saturated heterocycles. The molecule has 0 aliphatic heterocycles. The molecule has 0 saturated carbocycles. The number of fused-ring (bicyclic) bond motifs is 23. The van der Waals surface area contributed by atoms with Crippen LogP contribution in [0.1, 0.15) is 0 Å². The highest BCUT2D eigenvalue weighted by molar-refractivity contribution is 6.17. The van der Waals surface area contributed by atoms with Crippen molar-refractivity contribution in [2.24, 2.45) is 0 Å². The van der Waals surface area contributed by atoms with Gasteiger partial charge in [0, 0.05) is 0 Å². The van der Waals surface area contributed by atoms with Crippen LogP contribution in [0.5, 0.6) is 0 Å². The van der Waals surface area contributed by atoms with Gasteiger partial charge in [0.15, 0.2) is 0 Å². The number of aromatic amines is 8. The molecule has 4 heterocycles. The zero-order valence-electron chi connectivity index (χ0n) is 52.4. The second-order valence-electron chi connectivity index (χ2n) is 27.9. The first-order valence-electron chi connectivity index (χ1n) is 33.7. The lowest BCUT2D eigenvalue weighted by Gasteiger charge is -2.12. The van der Waals surface area contributed by atoms with Crippen LogP contribution >= 0.6 is 0 Å². The molecule has 0 bridgehead atoms. The Morgan fingerprint density at radius 1 is 0.0918 bits per heavy atom. The predicted octanol–water partition coefficient (Wildman–Crippen LogP) is 25.1. The van der Waals surface area contributed by atoms with Crippen molar-refractivity contribution in [1.82, 2.24) is 39.9 Å². The smallest absolute Gasteiger partial charge is 0.0630 e. The van der Waals surface area contributed by atoms with Crippen LogP contribution in [0.25, 0.3) is 250 Å². The molecule has 0 unspecified atom stereocenters. The SMILES string of the molecule is c1ccc2cc3cc4cc5[nH]c6cc7cc8cc9cc%10[nH]c%11cc%12cc%13cc%14cc%15[nH]c%16cc%17cc%18cc%19cc%20[nH]c%21cc%22cc%23cc%24ccccc%24cc%23cc%22cc%21[nH]c%20cc%19cc%18cc%17cc%16[nH]c%15cc%14cc%13cc%12cc%11[nH]c%10cc9cc8cc7cc6[nH]c5cc4cc3cc2c1. The molecular formula is C90H52N8. The molecule has 20 aromatic carbocycles. The molecule has 0 atom stereocenters. The quantitative estimate of drug-likeness (QED) is 0.0689. The Morgan fingerprint density at radius 3 is 0.276 bits per heavy atom. The van der Waals surface area contributed by atoms with E-state index in [9.17, 15) is 0 Å². The molecule has 0 radical (unpaired) electrons. The number of aromatic nitrogens is 8. The zero-order valence-corrected chi connectivity index (χ0v) is 52.4. The van der Waals surface area contributed by atoms with Crippen molar-refractivity contribution in [2.75, 3.05) is 0 Å². The summed E-state index contributed by atoms with van der Waals surface area (Å²) >= 11 is 0. The van der Waals surface area contributed by atoms with Gasteiger partial charge < -0.3 is 39.9 Å². The van der Waals surface area contributed by atoms with Crippen LogP contribution < -0.4 is 0 Å². The van der Waals surface area contributed by atoms with Gasteiger partial charge in [0.1, 0.15) is 0 Å². The van der Waals surface area contributed by atoms with E-state index in [1.165, 1.54) is 162 Å². The van der Waals surface area contributed by atoms with Gasteiger partial charge in [0.2, 0.25) is 0 Å². The van der Waals surface area contributed by atoms with Crippen molar-refractivity contribution in [3.05, 3.63) is 267 Å². The fourth-order valence-electron chi connectivity index (χ4n) is 16.9. The molecular weight excluding hydrogens is 1190 g/mol. The summed E-state index contributed by atoms with van der Waals surface area (Å²) in [6.45, 7) is 0. The maximum absolute atomic E-state index is 3.84.